The van der Waals surface area contributed by atoms with Crippen LogP contribution in [0.4, 0.5) is 0 Å². The maximum Gasteiger partial charge on any atom is 0.270 e. The van der Waals surface area contributed by atoms with Gasteiger partial charge in [-0.25, -0.2) is 8.42 Å². The van der Waals surface area contributed by atoms with E-state index in [-0.39, 0.29) is 29.9 Å². The van der Waals surface area contributed by atoms with E-state index in [9.17, 15) is 13.2 Å². The zero-order chi connectivity index (χ0) is 22.5. The molecule has 3 aromatic rings. The van der Waals surface area contributed by atoms with Gasteiger partial charge in [0.2, 0.25) is 10.0 Å². The van der Waals surface area contributed by atoms with Gasteiger partial charge in [0.25, 0.3) is 5.91 Å². The summed E-state index contributed by atoms with van der Waals surface area (Å²) in [6, 6.07) is 7.25. The number of halogens is 1. The molecule has 0 atom stereocenters. The number of fused-ring (bicyclic) bond motifs is 1. The van der Waals surface area contributed by atoms with E-state index in [4.69, 9.17) is 11.6 Å². The van der Waals surface area contributed by atoms with Crippen molar-refractivity contribution in [2.45, 2.75) is 38.6 Å². The third-order valence-corrected chi connectivity index (χ3v) is 8.07. The summed E-state index contributed by atoms with van der Waals surface area (Å²) in [5.41, 5.74) is 2.45. The minimum atomic E-state index is -3.69. The van der Waals surface area contributed by atoms with Gasteiger partial charge in [-0.3, -0.25) is 9.48 Å². The third kappa shape index (κ3) is 3.86. The monoisotopic (exact) mass is 463 g/mol. The molecular weight excluding hydrogens is 438 g/mol. The van der Waals surface area contributed by atoms with Crippen LogP contribution in [0.1, 0.15) is 41.8 Å². The van der Waals surface area contributed by atoms with E-state index in [0.717, 1.165) is 10.9 Å². The van der Waals surface area contributed by atoms with E-state index in [0.29, 0.717) is 35.2 Å². The van der Waals surface area contributed by atoms with Crippen molar-refractivity contribution in [2.75, 3.05) is 26.2 Å². The Labute approximate surface area is 186 Å². The standard InChI is InChI=1S/C21H26ClN5O3S/c1-13(2)27-15(4)20(14(3)24-27)31(29,30)26-9-7-25(8-10-26)21(28)19-12-16-11-17(22)5-6-18(16)23-19/h5-6,11-13,23H,7-10H2,1-4H3. The largest absolute Gasteiger partial charge is 0.351 e. The van der Waals surface area contributed by atoms with Crippen LogP contribution in [-0.2, 0) is 10.0 Å². The molecule has 3 heterocycles. The van der Waals surface area contributed by atoms with Gasteiger partial charge in [-0.2, -0.15) is 9.40 Å². The summed E-state index contributed by atoms with van der Waals surface area (Å²) in [5.74, 6) is -0.149. The van der Waals surface area contributed by atoms with Crippen LogP contribution < -0.4 is 0 Å². The Balaban J connectivity index is 1.51. The summed E-state index contributed by atoms with van der Waals surface area (Å²) in [5, 5.41) is 5.89. The Morgan fingerprint density at radius 1 is 1.13 bits per heavy atom. The fourth-order valence-electron chi connectivity index (χ4n) is 4.17. The fourth-order valence-corrected chi connectivity index (χ4v) is 6.14. The van der Waals surface area contributed by atoms with E-state index in [1.807, 2.05) is 19.9 Å². The van der Waals surface area contributed by atoms with Crippen LogP contribution in [0.2, 0.25) is 5.02 Å². The molecule has 1 aromatic carbocycles. The molecule has 4 rings (SSSR count). The number of aromatic nitrogens is 3. The topological polar surface area (TPSA) is 91.3 Å². The first-order valence-corrected chi connectivity index (χ1v) is 12.0. The quantitative estimate of drug-likeness (QED) is 0.642. The number of nitrogens with one attached hydrogen (secondary N) is 1. The molecule has 0 aliphatic carbocycles. The van der Waals surface area contributed by atoms with Crippen LogP contribution in [-0.4, -0.2) is 64.5 Å². The van der Waals surface area contributed by atoms with E-state index >= 15 is 0 Å². The molecule has 1 aliphatic rings. The second-order valence-corrected chi connectivity index (χ2v) is 10.5. The Bertz CT molecular complexity index is 1250. The lowest BCUT2D eigenvalue weighted by atomic mass is 10.2. The van der Waals surface area contributed by atoms with E-state index in [1.54, 1.807) is 41.6 Å². The average molecular weight is 464 g/mol. The van der Waals surface area contributed by atoms with Crippen molar-refractivity contribution in [2.24, 2.45) is 0 Å². The van der Waals surface area contributed by atoms with Crippen molar-refractivity contribution in [1.29, 1.82) is 0 Å². The van der Waals surface area contributed by atoms with Crippen molar-refractivity contribution >= 4 is 38.4 Å². The summed E-state index contributed by atoms with van der Waals surface area (Å²) in [6.07, 6.45) is 0. The van der Waals surface area contributed by atoms with Crippen molar-refractivity contribution in [3.05, 3.63) is 46.4 Å². The van der Waals surface area contributed by atoms with Gasteiger partial charge in [0.05, 0.1) is 11.4 Å². The number of piperazine rings is 1. The first-order valence-electron chi connectivity index (χ1n) is 10.2. The maximum absolute atomic E-state index is 13.3. The van der Waals surface area contributed by atoms with Gasteiger partial charge >= 0.3 is 0 Å². The summed E-state index contributed by atoms with van der Waals surface area (Å²) in [6.45, 7) is 8.58. The highest BCUT2D eigenvalue weighted by Gasteiger charge is 2.34. The molecule has 0 unspecified atom stereocenters. The van der Waals surface area contributed by atoms with E-state index in [1.165, 1.54) is 4.31 Å². The van der Waals surface area contributed by atoms with E-state index < -0.39 is 10.0 Å². The molecule has 0 saturated carbocycles. The van der Waals surface area contributed by atoms with Crippen molar-refractivity contribution in [1.82, 2.24) is 24.0 Å². The Kier molecular flexibility index (Phi) is 5.61. The number of aryl methyl sites for hydroxylation is 1. The number of amides is 1. The van der Waals surface area contributed by atoms with Crippen LogP contribution in [0.25, 0.3) is 10.9 Å². The number of aromatic amines is 1. The molecule has 1 N–H and O–H groups in total. The number of carbonyl (C=O) groups is 1. The van der Waals surface area contributed by atoms with Gasteiger partial charge in [-0.1, -0.05) is 11.6 Å². The summed E-state index contributed by atoms with van der Waals surface area (Å²) in [7, 11) is -3.69. The highest BCUT2D eigenvalue weighted by Crippen LogP contribution is 2.27. The Morgan fingerprint density at radius 2 is 1.81 bits per heavy atom. The molecular formula is C21H26ClN5O3S. The first kappa shape index (κ1) is 21.9. The number of nitrogens with zero attached hydrogens (tertiary/aromatic N) is 4. The predicted octanol–water partition coefficient (Wildman–Crippen LogP) is 3.36. The Hall–Kier alpha value is -2.36. The second-order valence-electron chi connectivity index (χ2n) is 8.15. The van der Waals surface area contributed by atoms with Gasteiger partial charge in [0.1, 0.15) is 10.6 Å². The molecule has 0 spiro atoms. The highest BCUT2D eigenvalue weighted by atomic mass is 35.5. The highest BCUT2D eigenvalue weighted by molar-refractivity contribution is 7.89. The summed E-state index contributed by atoms with van der Waals surface area (Å²) < 4.78 is 29.8. The normalized spacial score (nSPS) is 15.9. The fraction of sp³-hybridized carbons (Fsp3) is 0.429. The summed E-state index contributed by atoms with van der Waals surface area (Å²) >= 11 is 6.03. The summed E-state index contributed by atoms with van der Waals surface area (Å²) in [4.78, 5) is 18.0. The molecule has 10 heteroatoms. The van der Waals surface area contributed by atoms with Crippen LogP contribution in [0, 0.1) is 13.8 Å². The molecule has 8 nitrogen and oxygen atoms in total. The van der Waals surface area contributed by atoms with Gasteiger partial charge in [-0.15, -0.1) is 0 Å². The molecule has 1 amide bonds. The molecule has 166 valence electrons. The Morgan fingerprint density at radius 3 is 2.42 bits per heavy atom. The zero-order valence-electron chi connectivity index (χ0n) is 18.0. The molecule has 2 aromatic heterocycles. The van der Waals surface area contributed by atoms with Crippen LogP contribution in [0.3, 0.4) is 0 Å². The van der Waals surface area contributed by atoms with Gasteiger partial charge < -0.3 is 9.88 Å². The minimum absolute atomic E-state index is 0.0725. The predicted molar refractivity (Wildman–Crippen MR) is 120 cm³/mol. The lowest BCUT2D eigenvalue weighted by Gasteiger charge is -2.33. The number of rotatable bonds is 4. The second kappa shape index (κ2) is 7.96. The lowest BCUT2D eigenvalue weighted by molar-refractivity contribution is 0.0693. The van der Waals surface area contributed by atoms with Crippen LogP contribution in [0.5, 0.6) is 0 Å². The van der Waals surface area contributed by atoms with Crippen molar-refractivity contribution < 1.29 is 13.2 Å². The van der Waals surface area contributed by atoms with Gasteiger partial charge in [0, 0.05) is 48.1 Å². The lowest BCUT2D eigenvalue weighted by Crippen LogP contribution is -2.50. The van der Waals surface area contributed by atoms with Crippen molar-refractivity contribution in [3.63, 3.8) is 0 Å². The van der Waals surface area contributed by atoms with E-state index in [2.05, 4.69) is 10.1 Å². The SMILES string of the molecule is Cc1nn(C(C)C)c(C)c1S(=O)(=O)N1CCN(C(=O)c2cc3cc(Cl)ccc3[nH]2)CC1. The third-order valence-electron chi connectivity index (χ3n) is 5.68. The molecule has 0 radical (unpaired) electrons. The average Bonchev–Trinajstić information content (AvgIpc) is 3.27. The first-order chi connectivity index (χ1) is 14.6. The minimum Gasteiger partial charge on any atom is -0.351 e. The number of hydrogen-bond donors (Lipinski definition) is 1. The smallest absolute Gasteiger partial charge is 0.270 e. The van der Waals surface area contributed by atoms with Gasteiger partial charge in [-0.05, 0) is 52.0 Å². The van der Waals surface area contributed by atoms with Crippen molar-refractivity contribution in [3.8, 4) is 0 Å². The van der Waals surface area contributed by atoms with Crippen LogP contribution >= 0.6 is 11.6 Å². The molecule has 31 heavy (non-hydrogen) atoms. The molecule has 1 fully saturated rings. The van der Waals surface area contributed by atoms with Gasteiger partial charge in [0.15, 0.2) is 0 Å². The van der Waals surface area contributed by atoms with Crippen LogP contribution in [0.15, 0.2) is 29.2 Å². The maximum atomic E-state index is 13.3. The molecule has 1 saturated heterocycles. The number of sulfonamides is 1. The number of benzene rings is 1. The number of H-pyrrole nitrogens is 1. The molecule has 1 aliphatic heterocycles. The zero-order valence-corrected chi connectivity index (χ0v) is 19.6. The number of hydrogen-bond acceptors (Lipinski definition) is 4. The number of carbonyl (C=O) groups excluding carboxylic acids is 1. The molecule has 0 bridgehead atoms.